The van der Waals surface area contributed by atoms with Crippen molar-refractivity contribution < 1.29 is 13.6 Å². The Morgan fingerprint density at radius 3 is 2.93 bits per heavy atom. The molecule has 15 heavy (non-hydrogen) atoms. The van der Waals surface area contributed by atoms with Crippen LogP contribution in [0.3, 0.4) is 0 Å². The van der Waals surface area contributed by atoms with Crippen molar-refractivity contribution in [3.8, 4) is 0 Å². The lowest BCUT2D eigenvalue weighted by Crippen LogP contribution is -2.34. The lowest BCUT2D eigenvalue weighted by atomic mass is 9.92. The fraction of sp³-hybridized carbons (Fsp3) is 0.600. The van der Waals surface area contributed by atoms with Gasteiger partial charge < -0.3 is 0 Å². The number of aldehydes is 1. The molecule has 1 saturated carbocycles. The molecule has 2 rings (SSSR count). The third-order valence-electron chi connectivity index (χ3n) is 2.80. The van der Waals surface area contributed by atoms with Crippen molar-refractivity contribution in [2.24, 2.45) is 0 Å². The first-order chi connectivity index (χ1) is 7.13. The van der Waals surface area contributed by atoms with Gasteiger partial charge in [-0.3, -0.25) is 9.48 Å². The number of carbonyl (C=O) groups excluding carboxylic acids is 1. The molecular formula is C10H12F2N2O. The van der Waals surface area contributed by atoms with Gasteiger partial charge in [0.15, 0.2) is 6.29 Å². The van der Waals surface area contributed by atoms with Crippen LogP contribution in [-0.2, 0) is 0 Å². The number of aromatic nitrogens is 2. The highest BCUT2D eigenvalue weighted by atomic mass is 19.3. The van der Waals surface area contributed by atoms with E-state index in [9.17, 15) is 13.6 Å². The summed E-state index contributed by atoms with van der Waals surface area (Å²) in [5, 5.41) is 3.81. The lowest BCUT2D eigenvalue weighted by Gasteiger charge is -2.31. The van der Waals surface area contributed by atoms with Gasteiger partial charge in [0.05, 0.1) is 11.8 Å². The molecule has 3 nitrogen and oxygen atoms in total. The lowest BCUT2D eigenvalue weighted by molar-refractivity contribution is -0.0818. The number of halogens is 2. The number of hydrogen-bond donors (Lipinski definition) is 0. The van der Waals surface area contributed by atoms with Gasteiger partial charge in [0.2, 0.25) is 0 Å². The normalized spacial score (nSPS) is 25.1. The van der Waals surface area contributed by atoms with Crippen molar-refractivity contribution in [1.29, 1.82) is 0 Å². The van der Waals surface area contributed by atoms with Gasteiger partial charge in [-0.1, -0.05) is 6.42 Å². The van der Waals surface area contributed by atoms with E-state index in [-0.39, 0.29) is 6.42 Å². The van der Waals surface area contributed by atoms with Crippen LogP contribution in [0.5, 0.6) is 0 Å². The summed E-state index contributed by atoms with van der Waals surface area (Å²) in [7, 11) is 0. The molecule has 1 aromatic heterocycles. The predicted molar refractivity (Wildman–Crippen MR) is 50.1 cm³/mol. The highest BCUT2D eigenvalue weighted by molar-refractivity contribution is 5.73. The SMILES string of the molecule is O=Cc1cnn(C2CCCCC2(F)F)c1. The molecule has 0 radical (unpaired) electrons. The zero-order valence-electron chi connectivity index (χ0n) is 8.20. The Bertz CT molecular complexity index is 362. The minimum atomic E-state index is -2.70. The van der Waals surface area contributed by atoms with E-state index in [4.69, 9.17) is 0 Å². The third kappa shape index (κ3) is 1.91. The van der Waals surface area contributed by atoms with E-state index >= 15 is 0 Å². The fourth-order valence-corrected chi connectivity index (χ4v) is 1.99. The zero-order chi connectivity index (χ0) is 10.9. The molecule has 1 heterocycles. The molecule has 5 heteroatoms. The first-order valence-electron chi connectivity index (χ1n) is 5.00. The summed E-state index contributed by atoms with van der Waals surface area (Å²) in [6, 6.07) is -0.889. The molecular weight excluding hydrogens is 202 g/mol. The van der Waals surface area contributed by atoms with Gasteiger partial charge in [-0.2, -0.15) is 5.10 Å². The molecule has 1 aromatic rings. The first kappa shape index (κ1) is 10.3. The van der Waals surface area contributed by atoms with E-state index in [0.29, 0.717) is 24.7 Å². The van der Waals surface area contributed by atoms with Crippen LogP contribution < -0.4 is 0 Å². The molecule has 1 fully saturated rings. The second kappa shape index (κ2) is 3.72. The van der Waals surface area contributed by atoms with E-state index in [1.807, 2.05) is 0 Å². The maximum atomic E-state index is 13.5. The van der Waals surface area contributed by atoms with Gasteiger partial charge in [-0.05, 0) is 12.8 Å². The minimum absolute atomic E-state index is 0.0893. The van der Waals surface area contributed by atoms with Gasteiger partial charge in [0, 0.05) is 12.6 Å². The Morgan fingerprint density at radius 1 is 1.53 bits per heavy atom. The highest BCUT2D eigenvalue weighted by Crippen LogP contribution is 2.41. The van der Waals surface area contributed by atoms with Gasteiger partial charge in [0.1, 0.15) is 6.04 Å². The summed E-state index contributed by atoms with van der Waals surface area (Å²) in [6.45, 7) is 0. The third-order valence-corrected chi connectivity index (χ3v) is 2.80. The molecule has 0 spiro atoms. The monoisotopic (exact) mass is 214 g/mol. The second-order valence-electron chi connectivity index (χ2n) is 3.89. The van der Waals surface area contributed by atoms with Gasteiger partial charge in [-0.15, -0.1) is 0 Å². The molecule has 0 bridgehead atoms. The Balaban J connectivity index is 2.24. The Hall–Kier alpha value is -1.26. The van der Waals surface area contributed by atoms with Crippen LogP contribution >= 0.6 is 0 Å². The smallest absolute Gasteiger partial charge is 0.270 e. The number of hydrogen-bond acceptors (Lipinski definition) is 2. The largest absolute Gasteiger partial charge is 0.298 e. The van der Waals surface area contributed by atoms with Crippen LogP contribution in [0.15, 0.2) is 12.4 Å². The predicted octanol–water partition coefficient (Wildman–Crippen LogP) is 2.45. The number of nitrogens with zero attached hydrogens (tertiary/aromatic N) is 2. The van der Waals surface area contributed by atoms with Crippen molar-refractivity contribution in [3.05, 3.63) is 18.0 Å². The topological polar surface area (TPSA) is 34.9 Å². The molecule has 1 unspecified atom stereocenters. The standard InChI is InChI=1S/C10H12F2N2O/c11-10(12)4-2-1-3-9(10)14-6-8(7-15)5-13-14/h5-7,9H,1-4H2. The zero-order valence-corrected chi connectivity index (χ0v) is 8.20. The fourth-order valence-electron chi connectivity index (χ4n) is 1.99. The highest BCUT2D eigenvalue weighted by Gasteiger charge is 2.42. The molecule has 82 valence electrons. The van der Waals surface area contributed by atoms with E-state index < -0.39 is 12.0 Å². The number of rotatable bonds is 2. The maximum absolute atomic E-state index is 13.5. The van der Waals surface area contributed by atoms with Crippen molar-refractivity contribution in [3.63, 3.8) is 0 Å². The summed E-state index contributed by atoms with van der Waals surface area (Å²) in [5.41, 5.74) is 0.344. The van der Waals surface area contributed by atoms with E-state index in [1.54, 1.807) is 0 Å². The molecule has 0 aromatic carbocycles. The van der Waals surface area contributed by atoms with Crippen molar-refractivity contribution in [1.82, 2.24) is 9.78 Å². The van der Waals surface area contributed by atoms with Crippen LogP contribution in [0, 0.1) is 0 Å². The van der Waals surface area contributed by atoms with Crippen LogP contribution in [-0.4, -0.2) is 22.0 Å². The molecule has 1 atom stereocenters. The van der Waals surface area contributed by atoms with Crippen molar-refractivity contribution in [2.45, 2.75) is 37.6 Å². The van der Waals surface area contributed by atoms with E-state index in [2.05, 4.69) is 5.10 Å². The maximum Gasteiger partial charge on any atom is 0.270 e. The van der Waals surface area contributed by atoms with E-state index in [1.165, 1.54) is 17.1 Å². The molecule has 0 aliphatic heterocycles. The van der Waals surface area contributed by atoms with Crippen LogP contribution in [0.2, 0.25) is 0 Å². The summed E-state index contributed by atoms with van der Waals surface area (Å²) < 4.78 is 28.3. The first-order valence-corrected chi connectivity index (χ1v) is 5.00. The summed E-state index contributed by atoms with van der Waals surface area (Å²) in [4.78, 5) is 10.4. The average molecular weight is 214 g/mol. The molecule has 0 amide bonds. The van der Waals surface area contributed by atoms with Crippen molar-refractivity contribution >= 4 is 6.29 Å². The van der Waals surface area contributed by atoms with Gasteiger partial charge in [0.25, 0.3) is 5.92 Å². The number of carbonyl (C=O) groups is 1. The van der Waals surface area contributed by atoms with Gasteiger partial charge >= 0.3 is 0 Å². The van der Waals surface area contributed by atoms with Crippen molar-refractivity contribution in [2.75, 3.05) is 0 Å². The Kier molecular flexibility index (Phi) is 2.54. The van der Waals surface area contributed by atoms with Gasteiger partial charge in [-0.25, -0.2) is 8.78 Å². The molecule has 1 aliphatic carbocycles. The average Bonchev–Trinajstić information content (AvgIpc) is 2.65. The summed E-state index contributed by atoms with van der Waals surface area (Å²) in [6.07, 6.45) is 5.00. The molecule has 1 aliphatic rings. The Labute approximate surface area is 86.1 Å². The minimum Gasteiger partial charge on any atom is -0.298 e. The summed E-state index contributed by atoms with van der Waals surface area (Å²) in [5.74, 6) is -2.70. The van der Waals surface area contributed by atoms with Crippen LogP contribution in [0.4, 0.5) is 8.78 Å². The quantitative estimate of drug-likeness (QED) is 0.709. The number of alkyl halides is 2. The molecule has 0 saturated heterocycles. The second-order valence-corrected chi connectivity index (χ2v) is 3.89. The summed E-state index contributed by atoms with van der Waals surface area (Å²) >= 11 is 0. The van der Waals surface area contributed by atoms with E-state index in [0.717, 1.165) is 6.42 Å². The van der Waals surface area contributed by atoms with Crippen LogP contribution in [0.25, 0.3) is 0 Å². The van der Waals surface area contributed by atoms with Crippen LogP contribution in [0.1, 0.15) is 42.1 Å². The molecule has 0 N–H and O–H groups in total. The Morgan fingerprint density at radius 2 is 2.33 bits per heavy atom.